The van der Waals surface area contributed by atoms with Gasteiger partial charge in [-0.2, -0.15) is 0 Å². The Balaban J connectivity index is 2.83. The molecule has 0 fully saturated rings. The van der Waals surface area contributed by atoms with Crippen molar-refractivity contribution in [3.05, 3.63) is 58.1 Å². The van der Waals surface area contributed by atoms with Gasteiger partial charge in [-0.25, -0.2) is 0 Å². The standard InChI is InChI=1S/C13H10N2O4/c14-13(17)9-5-3-6-10(15(18)19)12(9)8-4-1-2-7-11(8)16/h1-7,16H,(H2,14,17). The molecule has 2 aromatic rings. The van der Waals surface area contributed by atoms with Crippen LogP contribution in [0.1, 0.15) is 10.4 Å². The van der Waals surface area contributed by atoms with Gasteiger partial charge in [0.25, 0.3) is 5.69 Å². The molecule has 0 heterocycles. The summed E-state index contributed by atoms with van der Waals surface area (Å²) >= 11 is 0. The molecule has 0 radical (unpaired) electrons. The Hall–Kier alpha value is -2.89. The highest BCUT2D eigenvalue weighted by molar-refractivity contribution is 6.03. The number of phenols is 1. The quantitative estimate of drug-likeness (QED) is 0.649. The monoisotopic (exact) mass is 258 g/mol. The first kappa shape index (κ1) is 12.6. The van der Waals surface area contributed by atoms with Gasteiger partial charge in [0.05, 0.1) is 16.1 Å². The predicted molar refractivity (Wildman–Crippen MR) is 68.7 cm³/mol. The van der Waals surface area contributed by atoms with Gasteiger partial charge in [0.1, 0.15) is 5.75 Å². The summed E-state index contributed by atoms with van der Waals surface area (Å²) in [6.07, 6.45) is 0. The summed E-state index contributed by atoms with van der Waals surface area (Å²) in [4.78, 5) is 21.8. The summed E-state index contributed by atoms with van der Waals surface area (Å²) < 4.78 is 0. The van der Waals surface area contributed by atoms with E-state index in [0.717, 1.165) is 0 Å². The highest BCUT2D eigenvalue weighted by Gasteiger charge is 2.23. The lowest BCUT2D eigenvalue weighted by molar-refractivity contribution is -0.384. The Morgan fingerprint density at radius 3 is 2.42 bits per heavy atom. The smallest absolute Gasteiger partial charge is 0.278 e. The maximum absolute atomic E-state index is 11.4. The Labute approximate surface area is 108 Å². The molecule has 2 rings (SSSR count). The van der Waals surface area contributed by atoms with Crippen molar-refractivity contribution < 1.29 is 14.8 Å². The third-order valence-electron chi connectivity index (χ3n) is 2.68. The number of primary amides is 1. The molecule has 0 aliphatic heterocycles. The van der Waals surface area contributed by atoms with Gasteiger partial charge in [-0.1, -0.05) is 24.3 Å². The topological polar surface area (TPSA) is 106 Å². The Kier molecular flexibility index (Phi) is 3.15. The summed E-state index contributed by atoms with van der Waals surface area (Å²) in [5.74, 6) is -0.943. The van der Waals surface area contributed by atoms with Crippen molar-refractivity contribution in [2.45, 2.75) is 0 Å². The van der Waals surface area contributed by atoms with Crippen LogP contribution in [0.2, 0.25) is 0 Å². The molecule has 0 spiro atoms. The summed E-state index contributed by atoms with van der Waals surface area (Å²) in [7, 11) is 0. The van der Waals surface area contributed by atoms with E-state index in [9.17, 15) is 20.0 Å². The maximum atomic E-state index is 11.4. The van der Waals surface area contributed by atoms with Crippen molar-refractivity contribution in [2.24, 2.45) is 5.73 Å². The minimum atomic E-state index is -0.790. The summed E-state index contributed by atoms with van der Waals surface area (Å²) in [6, 6.07) is 10.1. The number of carbonyl (C=O) groups is 1. The first-order valence-electron chi connectivity index (χ1n) is 5.38. The first-order valence-corrected chi connectivity index (χ1v) is 5.38. The van der Waals surface area contributed by atoms with Crippen LogP contribution in [0, 0.1) is 10.1 Å². The third-order valence-corrected chi connectivity index (χ3v) is 2.68. The van der Waals surface area contributed by atoms with E-state index >= 15 is 0 Å². The molecular formula is C13H10N2O4. The van der Waals surface area contributed by atoms with Gasteiger partial charge < -0.3 is 10.8 Å². The molecule has 0 aliphatic rings. The molecule has 96 valence electrons. The van der Waals surface area contributed by atoms with Gasteiger partial charge in [-0.05, 0) is 12.1 Å². The fourth-order valence-electron chi connectivity index (χ4n) is 1.87. The Morgan fingerprint density at radius 1 is 1.16 bits per heavy atom. The zero-order valence-corrected chi connectivity index (χ0v) is 9.74. The fraction of sp³-hybridized carbons (Fsp3) is 0. The number of hydrogen-bond donors (Lipinski definition) is 2. The average molecular weight is 258 g/mol. The molecule has 0 saturated heterocycles. The van der Waals surface area contributed by atoms with Gasteiger partial charge in [0, 0.05) is 11.6 Å². The van der Waals surface area contributed by atoms with Crippen molar-refractivity contribution >= 4 is 11.6 Å². The van der Waals surface area contributed by atoms with Gasteiger partial charge in [-0.15, -0.1) is 0 Å². The van der Waals surface area contributed by atoms with Crippen LogP contribution in [0.3, 0.4) is 0 Å². The van der Waals surface area contributed by atoms with Crippen LogP contribution in [0.15, 0.2) is 42.5 Å². The van der Waals surface area contributed by atoms with Crippen LogP contribution in [0.25, 0.3) is 11.1 Å². The zero-order chi connectivity index (χ0) is 14.0. The molecule has 0 saturated carbocycles. The number of phenolic OH excluding ortho intramolecular Hbond substituents is 1. The van der Waals surface area contributed by atoms with Gasteiger partial charge >= 0.3 is 0 Å². The second kappa shape index (κ2) is 4.77. The van der Waals surface area contributed by atoms with E-state index in [-0.39, 0.29) is 28.1 Å². The number of aromatic hydroxyl groups is 1. The number of nitro benzene ring substituents is 1. The number of rotatable bonds is 3. The van der Waals surface area contributed by atoms with E-state index in [2.05, 4.69) is 0 Å². The zero-order valence-electron chi connectivity index (χ0n) is 9.74. The number of nitrogens with two attached hydrogens (primary N) is 1. The predicted octanol–water partition coefficient (Wildman–Crippen LogP) is 2.07. The molecule has 0 aromatic heterocycles. The van der Waals surface area contributed by atoms with Crippen LogP contribution >= 0.6 is 0 Å². The van der Waals surface area contributed by atoms with Crippen LogP contribution in [-0.2, 0) is 0 Å². The van der Waals surface area contributed by atoms with Crippen molar-refractivity contribution in [3.63, 3.8) is 0 Å². The lowest BCUT2D eigenvalue weighted by Gasteiger charge is -2.09. The van der Waals surface area contributed by atoms with E-state index < -0.39 is 10.8 Å². The van der Waals surface area contributed by atoms with Crippen LogP contribution in [0.5, 0.6) is 5.75 Å². The molecule has 6 nitrogen and oxygen atoms in total. The molecule has 0 aliphatic carbocycles. The minimum absolute atomic E-state index is 0.00398. The van der Waals surface area contributed by atoms with E-state index in [0.29, 0.717) is 0 Å². The van der Waals surface area contributed by atoms with Crippen molar-refractivity contribution in [1.29, 1.82) is 0 Å². The highest BCUT2D eigenvalue weighted by atomic mass is 16.6. The number of carbonyl (C=O) groups excluding carboxylic acids is 1. The highest BCUT2D eigenvalue weighted by Crippen LogP contribution is 2.37. The normalized spacial score (nSPS) is 10.1. The molecule has 2 aromatic carbocycles. The fourth-order valence-corrected chi connectivity index (χ4v) is 1.87. The van der Waals surface area contributed by atoms with Gasteiger partial charge in [0.15, 0.2) is 0 Å². The SMILES string of the molecule is NC(=O)c1cccc([N+](=O)[O-])c1-c1ccccc1O. The van der Waals surface area contributed by atoms with E-state index in [1.165, 1.54) is 30.3 Å². The first-order chi connectivity index (χ1) is 9.02. The number of nitro groups is 1. The van der Waals surface area contributed by atoms with Crippen molar-refractivity contribution in [2.75, 3.05) is 0 Å². The molecular weight excluding hydrogens is 248 g/mol. The van der Waals surface area contributed by atoms with E-state index in [1.54, 1.807) is 12.1 Å². The molecule has 6 heteroatoms. The van der Waals surface area contributed by atoms with E-state index in [1.807, 2.05) is 0 Å². The maximum Gasteiger partial charge on any atom is 0.278 e. The minimum Gasteiger partial charge on any atom is -0.507 e. The molecule has 0 bridgehead atoms. The van der Waals surface area contributed by atoms with Crippen LogP contribution in [0.4, 0.5) is 5.69 Å². The lowest BCUT2D eigenvalue weighted by Crippen LogP contribution is -2.13. The summed E-state index contributed by atoms with van der Waals surface area (Å²) in [6.45, 7) is 0. The molecule has 1 amide bonds. The number of para-hydroxylation sites is 1. The van der Waals surface area contributed by atoms with Gasteiger partial charge in [-0.3, -0.25) is 14.9 Å². The van der Waals surface area contributed by atoms with Crippen molar-refractivity contribution in [3.8, 4) is 16.9 Å². The molecule has 19 heavy (non-hydrogen) atoms. The number of nitrogens with zero attached hydrogens (tertiary/aromatic N) is 1. The summed E-state index contributed by atoms with van der Waals surface area (Å²) in [5.41, 5.74) is 5.17. The number of amides is 1. The van der Waals surface area contributed by atoms with Crippen LogP contribution in [-0.4, -0.2) is 15.9 Å². The van der Waals surface area contributed by atoms with Crippen molar-refractivity contribution in [1.82, 2.24) is 0 Å². The lowest BCUT2D eigenvalue weighted by atomic mass is 9.96. The molecule has 0 atom stereocenters. The molecule has 0 unspecified atom stereocenters. The second-order valence-electron chi connectivity index (χ2n) is 3.84. The Morgan fingerprint density at radius 2 is 1.84 bits per heavy atom. The van der Waals surface area contributed by atoms with Gasteiger partial charge in [0.2, 0.25) is 5.91 Å². The molecule has 3 N–H and O–H groups in total. The number of hydrogen-bond acceptors (Lipinski definition) is 4. The second-order valence-corrected chi connectivity index (χ2v) is 3.84. The average Bonchev–Trinajstić information content (AvgIpc) is 2.38. The number of benzene rings is 2. The Bertz CT molecular complexity index is 635. The largest absolute Gasteiger partial charge is 0.507 e. The summed E-state index contributed by atoms with van der Waals surface area (Å²) in [5, 5.41) is 20.9. The third kappa shape index (κ3) is 2.23. The van der Waals surface area contributed by atoms with E-state index in [4.69, 9.17) is 5.73 Å². The van der Waals surface area contributed by atoms with Crippen LogP contribution < -0.4 is 5.73 Å².